The average Bonchev–Trinajstić information content (AvgIpc) is 3.29. The number of nitrogens with zero attached hydrogens (tertiary/aromatic N) is 1. The Morgan fingerprint density at radius 2 is 1.89 bits per heavy atom. The average molecular weight is 591 g/mol. The molecule has 0 aliphatic rings. The van der Waals surface area contributed by atoms with Crippen LogP contribution in [0.1, 0.15) is 34.8 Å². The number of aliphatic carboxylic acids is 1. The van der Waals surface area contributed by atoms with E-state index in [1.807, 2.05) is 0 Å². The van der Waals surface area contributed by atoms with Crippen LogP contribution in [0.3, 0.4) is 0 Å². The van der Waals surface area contributed by atoms with Crippen molar-refractivity contribution in [3.05, 3.63) is 73.8 Å². The summed E-state index contributed by atoms with van der Waals surface area (Å²) in [4.78, 5) is 28.1. The van der Waals surface area contributed by atoms with Gasteiger partial charge in [0.2, 0.25) is 0 Å². The molecule has 0 fully saturated rings. The van der Waals surface area contributed by atoms with E-state index < -0.39 is 30.5 Å². The Balaban J connectivity index is 1.69. The lowest BCUT2D eigenvalue weighted by Crippen LogP contribution is -2.17. The van der Waals surface area contributed by atoms with Crippen molar-refractivity contribution in [3.63, 3.8) is 0 Å². The molecule has 202 valence electrons. The number of hydrogen-bond donors (Lipinski definition) is 2. The monoisotopic (exact) mass is 590 g/mol. The van der Waals surface area contributed by atoms with Gasteiger partial charge in [0.1, 0.15) is 12.4 Å². The zero-order chi connectivity index (χ0) is 28.0. The molecule has 2 N–H and O–H groups in total. The second-order valence-electron chi connectivity index (χ2n) is 8.03. The van der Waals surface area contributed by atoms with Gasteiger partial charge in [-0.3, -0.25) is 10.1 Å². The van der Waals surface area contributed by atoms with E-state index in [0.717, 1.165) is 11.3 Å². The first-order valence-corrected chi connectivity index (χ1v) is 12.6. The molecule has 0 aliphatic heterocycles. The Labute approximate surface area is 228 Å². The summed E-state index contributed by atoms with van der Waals surface area (Å²) in [5.74, 6) is -2.30. The number of halogens is 6. The molecule has 0 aliphatic carbocycles. The van der Waals surface area contributed by atoms with E-state index in [9.17, 15) is 22.8 Å². The number of rotatable bonds is 10. The number of nitrogens with one attached hydrogen (secondary N) is 1. The Hall–Kier alpha value is -2.99. The minimum absolute atomic E-state index is 0.00686. The number of aryl methyl sites for hydroxylation is 1. The zero-order valence-corrected chi connectivity index (χ0v) is 22.0. The second-order valence-corrected chi connectivity index (χ2v) is 9.70. The van der Waals surface area contributed by atoms with Gasteiger partial charge in [-0.1, -0.05) is 35.3 Å². The molecule has 38 heavy (non-hydrogen) atoms. The van der Waals surface area contributed by atoms with Gasteiger partial charge in [-0.05, 0) is 49.6 Å². The highest BCUT2D eigenvalue weighted by molar-refractivity contribution is 7.14. The Bertz CT molecular complexity index is 1350. The number of ether oxygens (including phenoxy) is 1. The third kappa shape index (κ3) is 8.00. The summed E-state index contributed by atoms with van der Waals surface area (Å²) in [7, 11) is 0. The van der Waals surface area contributed by atoms with Crippen LogP contribution in [-0.2, 0) is 16.0 Å². The van der Waals surface area contributed by atoms with Gasteiger partial charge in [0.25, 0.3) is 5.91 Å². The lowest BCUT2D eigenvalue weighted by atomic mass is 10.0. The van der Waals surface area contributed by atoms with Gasteiger partial charge in [0.15, 0.2) is 5.13 Å². The highest BCUT2D eigenvalue weighted by Crippen LogP contribution is 2.31. The fourth-order valence-corrected chi connectivity index (χ4v) is 4.58. The van der Waals surface area contributed by atoms with Crippen molar-refractivity contribution >= 4 is 57.6 Å². The van der Waals surface area contributed by atoms with Crippen molar-refractivity contribution in [3.8, 4) is 11.3 Å². The molecular weight excluding hydrogens is 571 g/mol. The van der Waals surface area contributed by atoms with Gasteiger partial charge >= 0.3 is 12.1 Å². The number of carboxylic acid groups (broad SMARTS) is 1. The van der Waals surface area contributed by atoms with Crippen molar-refractivity contribution < 1.29 is 37.0 Å². The van der Waals surface area contributed by atoms with E-state index >= 15 is 4.39 Å². The third-order valence-electron chi connectivity index (χ3n) is 5.12. The molecule has 0 unspecified atom stereocenters. The van der Waals surface area contributed by atoms with Crippen LogP contribution in [0, 0.1) is 5.82 Å². The standard InChI is InChI=1S/C25H20Cl2F4N2O4S/c1-13(23(35)36)8-17-18(26)9-15(10-19(17)27)22(34)33-24-32-20(11-38-24)16-6-2-4-14(21(16)28)5-3-7-37-12-25(29,30)31/h2,4,6,8-11H,3,5,7,12H2,1H3,(H,35,36)(H,32,33,34)/b13-8+. The lowest BCUT2D eigenvalue weighted by molar-refractivity contribution is -0.174. The highest BCUT2D eigenvalue weighted by Gasteiger charge is 2.27. The SMILES string of the molecule is C/C(=C\c1c(Cl)cc(C(=O)Nc2nc(-c3cccc(CCCOCC(F)(F)F)c3F)cs2)cc1Cl)C(=O)O. The van der Waals surface area contributed by atoms with E-state index in [1.165, 1.54) is 37.3 Å². The van der Waals surface area contributed by atoms with E-state index in [0.29, 0.717) is 5.56 Å². The maximum absolute atomic E-state index is 15.0. The minimum Gasteiger partial charge on any atom is -0.478 e. The number of anilines is 1. The molecule has 1 heterocycles. The molecule has 6 nitrogen and oxygen atoms in total. The van der Waals surface area contributed by atoms with Crippen molar-refractivity contribution in [1.82, 2.24) is 4.98 Å². The maximum Gasteiger partial charge on any atom is 0.411 e. The van der Waals surface area contributed by atoms with Gasteiger partial charge in [-0.25, -0.2) is 14.2 Å². The molecule has 0 saturated heterocycles. The second kappa shape index (κ2) is 12.7. The lowest BCUT2D eigenvalue weighted by Gasteiger charge is -2.09. The Kier molecular flexibility index (Phi) is 9.88. The first-order valence-electron chi connectivity index (χ1n) is 11.0. The van der Waals surface area contributed by atoms with Gasteiger partial charge in [0, 0.05) is 34.3 Å². The van der Waals surface area contributed by atoms with Gasteiger partial charge in [-0.15, -0.1) is 11.3 Å². The predicted octanol–water partition coefficient (Wildman–Crippen LogP) is 7.51. The fraction of sp³-hybridized carbons (Fsp3) is 0.240. The summed E-state index contributed by atoms with van der Waals surface area (Å²) in [5, 5.41) is 13.5. The molecular formula is C25H20Cl2F4N2O4S. The number of amides is 1. The summed E-state index contributed by atoms with van der Waals surface area (Å²) in [6.45, 7) is -0.144. The van der Waals surface area contributed by atoms with Crippen LogP contribution in [0.4, 0.5) is 22.7 Å². The largest absolute Gasteiger partial charge is 0.478 e. The van der Waals surface area contributed by atoms with Gasteiger partial charge in [0.05, 0.1) is 15.7 Å². The van der Waals surface area contributed by atoms with Crippen LogP contribution >= 0.6 is 34.5 Å². The van der Waals surface area contributed by atoms with Crippen molar-refractivity contribution in [2.75, 3.05) is 18.5 Å². The normalized spacial score (nSPS) is 12.0. The van der Waals surface area contributed by atoms with E-state index in [4.69, 9.17) is 28.3 Å². The first kappa shape index (κ1) is 29.6. The van der Waals surface area contributed by atoms with Crippen LogP contribution in [0.2, 0.25) is 10.0 Å². The topological polar surface area (TPSA) is 88.5 Å². The maximum atomic E-state index is 15.0. The molecule has 0 spiro atoms. The molecule has 3 aromatic rings. The molecule has 0 saturated carbocycles. The van der Waals surface area contributed by atoms with Gasteiger partial charge in [-0.2, -0.15) is 13.2 Å². The molecule has 1 amide bonds. The number of carbonyl (C=O) groups excluding carboxylic acids is 1. The van der Waals surface area contributed by atoms with Crippen LogP contribution in [0.5, 0.6) is 0 Å². The van der Waals surface area contributed by atoms with Crippen LogP contribution < -0.4 is 5.32 Å². The molecule has 0 atom stereocenters. The highest BCUT2D eigenvalue weighted by atomic mass is 35.5. The number of alkyl halides is 3. The summed E-state index contributed by atoms with van der Waals surface area (Å²) in [5.41, 5.74) is 1.09. The quantitative estimate of drug-likeness (QED) is 0.145. The molecule has 0 bridgehead atoms. The van der Waals surface area contributed by atoms with E-state index in [-0.39, 0.29) is 62.6 Å². The Morgan fingerprint density at radius 3 is 2.53 bits per heavy atom. The molecule has 2 aromatic carbocycles. The Morgan fingerprint density at radius 1 is 1.21 bits per heavy atom. The molecule has 13 heteroatoms. The predicted molar refractivity (Wildman–Crippen MR) is 138 cm³/mol. The van der Waals surface area contributed by atoms with Crippen LogP contribution in [-0.4, -0.2) is 41.4 Å². The zero-order valence-electron chi connectivity index (χ0n) is 19.7. The van der Waals surface area contributed by atoms with E-state index in [1.54, 1.807) is 11.4 Å². The first-order chi connectivity index (χ1) is 17.9. The van der Waals surface area contributed by atoms with Crippen molar-refractivity contribution in [1.29, 1.82) is 0 Å². The van der Waals surface area contributed by atoms with Crippen LogP contribution in [0.15, 0.2) is 41.3 Å². The minimum atomic E-state index is -4.41. The summed E-state index contributed by atoms with van der Waals surface area (Å²) in [6, 6.07) is 7.31. The van der Waals surface area contributed by atoms with Crippen LogP contribution in [0.25, 0.3) is 17.3 Å². The van der Waals surface area contributed by atoms with E-state index in [2.05, 4.69) is 15.0 Å². The van der Waals surface area contributed by atoms with Gasteiger partial charge < -0.3 is 9.84 Å². The fourth-order valence-electron chi connectivity index (χ4n) is 3.28. The summed E-state index contributed by atoms with van der Waals surface area (Å²) >= 11 is 13.5. The summed E-state index contributed by atoms with van der Waals surface area (Å²) < 4.78 is 56.1. The number of thiazole rings is 1. The van der Waals surface area contributed by atoms with Crippen molar-refractivity contribution in [2.24, 2.45) is 0 Å². The number of aromatic nitrogens is 1. The third-order valence-corrected chi connectivity index (χ3v) is 6.50. The molecule has 3 rings (SSSR count). The summed E-state index contributed by atoms with van der Waals surface area (Å²) in [6.07, 6.45) is -2.75. The number of carbonyl (C=O) groups is 2. The molecule has 1 aromatic heterocycles. The number of benzene rings is 2. The number of carboxylic acids is 1. The smallest absolute Gasteiger partial charge is 0.411 e. The number of hydrogen-bond acceptors (Lipinski definition) is 5. The molecule has 0 radical (unpaired) electrons. The van der Waals surface area contributed by atoms with Crippen molar-refractivity contribution in [2.45, 2.75) is 25.9 Å².